The number of ether oxygens (including phenoxy) is 1. The van der Waals surface area contributed by atoms with Crippen LogP contribution in [0.25, 0.3) is 0 Å². The van der Waals surface area contributed by atoms with Crippen LogP contribution in [0.1, 0.15) is 30.4 Å². The molecule has 0 radical (unpaired) electrons. The van der Waals surface area contributed by atoms with Crippen LogP contribution < -0.4 is 9.64 Å². The monoisotopic (exact) mass is 420 g/mol. The standard InChI is InChI=1S/C23H29ClN2O.ClH/c24-22-8-1-2-9-23(22)26-15-13-25(14-16-26)12-3-4-17-27-21-11-10-19-6-5-7-20(19)18-21;/h1-2,8-11,18H,3-7,12-17H2;1H. The first-order valence-electron chi connectivity index (χ1n) is 10.3. The molecule has 4 rings (SSSR count). The number of rotatable bonds is 7. The molecule has 3 nitrogen and oxygen atoms in total. The second-order valence-corrected chi connectivity index (χ2v) is 8.03. The first-order valence-corrected chi connectivity index (χ1v) is 10.6. The summed E-state index contributed by atoms with van der Waals surface area (Å²) in [5, 5.41) is 0.856. The van der Waals surface area contributed by atoms with Crippen molar-refractivity contribution >= 4 is 29.7 Å². The van der Waals surface area contributed by atoms with E-state index in [9.17, 15) is 0 Å². The molecule has 2 aromatic rings. The number of halogens is 2. The molecule has 5 heteroatoms. The van der Waals surface area contributed by atoms with E-state index in [0.29, 0.717) is 0 Å². The molecule has 0 aromatic heterocycles. The van der Waals surface area contributed by atoms with Crippen molar-refractivity contribution in [2.24, 2.45) is 0 Å². The summed E-state index contributed by atoms with van der Waals surface area (Å²) >= 11 is 6.32. The maximum atomic E-state index is 6.32. The first-order chi connectivity index (χ1) is 13.3. The number of fused-ring (bicyclic) bond motifs is 1. The van der Waals surface area contributed by atoms with E-state index in [2.05, 4.69) is 40.1 Å². The zero-order valence-electron chi connectivity index (χ0n) is 16.4. The molecule has 152 valence electrons. The van der Waals surface area contributed by atoms with Gasteiger partial charge in [0.25, 0.3) is 0 Å². The highest BCUT2D eigenvalue weighted by Gasteiger charge is 2.18. The van der Waals surface area contributed by atoms with Gasteiger partial charge in [-0.25, -0.2) is 0 Å². The number of nitrogens with zero attached hydrogens (tertiary/aromatic N) is 2. The highest BCUT2D eigenvalue weighted by atomic mass is 35.5. The first kappa shape index (κ1) is 21.3. The molecule has 1 aliphatic carbocycles. The summed E-state index contributed by atoms with van der Waals surface area (Å²) in [7, 11) is 0. The SMILES string of the molecule is Cl.Clc1ccccc1N1CCN(CCCCOc2ccc3c(c2)CCC3)CC1. The van der Waals surface area contributed by atoms with Crippen LogP contribution in [0.5, 0.6) is 5.75 Å². The molecule has 1 aliphatic heterocycles. The third-order valence-electron chi connectivity index (χ3n) is 5.77. The summed E-state index contributed by atoms with van der Waals surface area (Å²) in [4.78, 5) is 4.96. The maximum absolute atomic E-state index is 6.32. The van der Waals surface area contributed by atoms with Crippen molar-refractivity contribution in [3.8, 4) is 5.75 Å². The molecule has 28 heavy (non-hydrogen) atoms. The van der Waals surface area contributed by atoms with Gasteiger partial charge in [-0.15, -0.1) is 12.4 Å². The van der Waals surface area contributed by atoms with E-state index >= 15 is 0 Å². The molecule has 0 N–H and O–H groups in total. The fraction of sp³-hybridized carbons (Fsp3) is 0.478. The Hall–Kier alpha value is -1.42. The van der Waals surface area contributed by atoms with Gasteiger partial charge in [0, 0.05) is 26.2 Å². The van der Waals surface area contributed by atoms with Crippen LogP contribution in [0.2, 0.25) is 5.02 Å². The lowest BCUT2D eigenvalue weighted by Gasteiger charge is -2.36. The van der Waals surface area contributed by atoms with Crippen molar-refractivity contribution in [2.45, 2.75) is 32.1 Å². The highest BCUT2D eigenvalue weighted by Crippen LogP contribution is 2.27. The molecular weight excluding hydrogens is 391 g/mol. The van der Waals surface area contributed by atoms with Gasteiger partial charge >= 0.3 is 0 Å². The van der Waals surface area contributed by atoms with Crippen molar-refractivity contribution in [2.75, 3.05) is 44.2 Å². The highest BCUT2D eigenvalue weighted by molar-refractivity contribution is 6.33. The number of unbranched alkanes of at least 4 members (excludes halogenated alkanes) is 1. The number of aryl methyl sites for hydroxylation is 2. The van der Waals surface area contributed by atoms with E-state index < -0.39 is 0 Å². The van der Waals surface area contributed by atoms with Crippen LogP contribution in [-0.2, 0) is 12.8 Å². The summed E-state index contributed by atoms with van der Waals surface area (Å²) in [5.41, 5.74) is 4.17. The molecule has 1 heterocycles. The molecule has 1 saturated heterocycles. The van der Waals surface area contributed by atoms with Gasteiger partial charge < -0.3 is 9.64 Å². The lowest BCUT2D eigenvalue weighted by molar-refractivity contribution is 0.238. The van der Waals surface area contributed by atoms with Crippen LogP contribution >= 0.6 is 24.0 Å². The van der Waals surface area contributed by atoms with Crippen molar-refractivity contribution < 1.29 is 4.74 Å². The molecule has 0 saturated carbocycles. The Labute approximate surface area is 180 Å². The Morgan fingerprint density at radius 2 is 1.68 bits per heavy atom. The molecule has 0 amide bonds. The molecule has 0 unspecified atom stereocenters. The molecule has 1 fully saturated rings. The van der Waals surface area contributed by atoms with E-state index in [1.54, 1.807) is 0 Å². The van der Waals surface area contributed by atoms with Gasteiger partial charge in [-0.3, -0.25) is 4.90 Å². The average Bonchev–Trinajstić information content (AvgIpc) is 3.17. The Balaban J connectivity index is 0.00000225. The van der Waals surface area contributed by atoms with Crippen LogP contribution in [0.4, 0.5) is 5.69 Å². The lowest BCUT2D eigenvalue weighted by atomic mass is 10.1. The van der Waals surface area contributed by atoms with Crippen molar-refractivity contribution in [1.82, 2.24) is 4.90 Å². The van der Waals surface area contributed by atoms with Gasteiger partial charge in [0.2, 0.25) is 0 Å². The number of benzene rings is 2. The summed E-state index contributed by atoms with van der Waals surface area (Å²) in [6.07, 6.45) is 6.05. The third-order valence-corrected chi connectivity index (χ3v) is 6.09. The summed E-state index contributed by atoms with van der Waals surface area (Å²) in [6, 6.07) is 14.8. The molecule has 0 atom stereocenters. The topological polar surface area (TPSA) is 15.7 Å². The zero-order chi connectivity index (χ0) is 18.5. The Kier molecular flexibility index (Phi) is 7.90. The third kappa shape index (κ3) is 5.34. The average molecular weight is 421 g/mol. The summed E-state index contributed by atoms with van der Waals surface area (Å²) in [6.45, 7) is 6.29. The predicted octanol–water partition coefficient (Wildman–Crippen LogP) is 5.23. The minimum Gasteiger partial charge on any atom is -0.494 e. The second-order valence-electron chi connectivity index (χ2n) is 7.62. The van der Waals surface area contributed by atoms with Crippen molar-refractivity contribution in [1.29, 1.82) is 0 Å². The van der Waals surface area contributed by atoms with Crippen LogP contribution in [0.15, 0.2) is 42.5 Å². The van der Waals surface area contributed by atoms with Gasteiger partial charge in [-0.05, 0) is 74.0 Å². The predicted molar refractivity (Wildman–Crippen MR) is 121 cm³/mol. The fourth-order valence-corrected chi connectivity index (χ4v) is 4.44. The van der Waals surface area contributed by atoms with Gasteiger partial charge in [0.1, 0.15) is 5.75 Å². The molecule has 2 aliphatic rings. The number of anilines is 1. The van der Waals surface area contributed by atoms with E-state index in [1.165, 1.54) is 42.5 Å². The lowest BCUT2D eigenvalue weighted by Crippen LogP contribution is -2.46. The van der Waals surface area contributed by atoms with Crippen molar-refractivity contribution in [3.05, 3.63) is 58.6 Å². The number of para-hydroxylation sites is 1. The van der Waals surface area contributed by atoms with Crippen LogP contribution in [0.3, 0.4) is 0 Å². The van der Waals surface area contributed by atoms with Crippen molar-refractivity contribution in [3.63, 3.8) is 0 Å². The Morgan fingerprint density at radius 3 is 2.50 bits per heavy atom. The smallest absolute Gasteiger partial charge is 0.119 e. The van der Waals surface area contributed by atoms with E-state index in [0.717, 1.165) is 56.5 Å². The van der Waals surface area contributed by atoms with E-state index in [1.807, 2.05) is 12.1 Å². The normalized spacial score (nSPS) is 16.5. The number of piperazine rings is 1. The Bertz CT molecular complexity index is 760. The number of hydrogen-bond donors (Lipinski definition) is 0. The van der Waals surface area contributed by atoms with Gasteiger partial charge in [-0.2, -0.15) is 0 Å². The largest absolute Gasteiger partial charge is 0.494 e. The second kappa shape index (κ2) is 10.4. The minimum atomic E-state index is 0. The van der Waals surface area contributed by atoms with Crippen LogP contribution in [0, 0.1) is 0 Å². The summed E-state index contributed by atoms with van der Waals surface area (Å²) in [5.74, 6) is 1.05. The zero-order valence-corrected chi connectivity index (χ0v) is 18.0. The molecule has 0 bridgehead atoms. The quantitative estimate of drug-likeness (QED) is 0.570. The van der Waals surface area contributed by atoms with Gasteiger partial charge in [0.15, 0.2) is 0 Å². The van der Waals surface area contributed by atoms with E-state index in [-0.39, 0.29) is 12.4 Å². The van der Waals surface area contributed by atoms with Crippen LogP contribution in [-0.4, -0.2) is 44.2 Å². The minimum absolute atomic E-state index is 0. The van der Waals surface area contributed by atoms with Gasteiger partial charge in [-0.1, -0.05) is 29.8 Å². The maximum Gasteiger partial charge on any atom is 0.119 e. The number of hydrogen-bond acceptors (Lipinski definition) is 3. The summed E-state index contributed by atoms with van der Waals surface area (Å²) < 4.78 is 5.97. The Morgan fingerprint density at radius 1 is 0.893 bits per heavy atom. The van der Waals surface area contributed by atoms with E-state index in [4.69, 9.17) is 16.3 Å². The fourth-order valence-electron chi connectivity index (χ4n) is 4.19. The molecular formula is C23H30Cl2N2O. The molecule has 2 aromatic carbocycles. The van der Waals surface area contributed by atoms with Gasteiger partial charge in [0.05, 0.1) is 17.3 Å². The molecule has 0 spiro atoms.